The van der Waals surface area contributed by atoms with E-state index in [0.29, 0.717) is 17.1 Å². The molecule has 1 aliphatic rings. The third-order valence-corrected chi connectivity index (χ3v) is 2.30. The largest absolute Gasteiger partial charge is 0.482 e. The molecule has 0 radical (unpaired) electrons. The van der Waals surface area contributed by atoms with Crippen molar-refractivity contribution in [2.75, 3.05) is 17.2 Å². The number of rotatable bonds is 2. The van der Waals surface area contributed by atoms with E-state index < -0.39 is 6.04 Å². The quantitative estimate of drug-likeness (QED) is 0.687. The molecule has 1 aliphatic heterocycles. The van der Waals surface area contributed by atoms with Gasteiger partial charge in [0.1, 0.15) is 5.75 Å². The van der Waals surface area contributed by atoms with E-state index in [1.807, 2.05) is 0 Å². The summed E-state index contributed by atoms with van der Waals surface area (Å²) in [6.45, 7) is 1.59. The zero-order valence-corrected chi connectivity index (χ0v) is 9.32. The Morgan fingerprint density at radius 1 is 1.59 bits per heavy atom. The third-order valence-electron chi connectivity index (χ3n) is 2.30. The van der Waals surface area contributed by atoms with Crippen LogP contribution in [0.2, 0.25) is 0 Å². The maximum absolute atomic E-state index is 11.4. The number of carbonyl (C=O) groups is 2. The lowest BCUT2D eigenvalue weighted by Crippen LogP contribution is -2.32. The Balaban J connectivity index is 2.17. The van der Waals surface area contributed by atoms with E-state index in [9.17, 15) is 9.59 Å². The summed E-state index contributed by atoms with van der Waals surface area (Å²) in [5, 5.41) is 5.31. The molecule has 90 valence electrons. The first-order valence-corrected chi connectivity index (χ1v) is 5.19. The number of nitrogens with two attached hydrogens (primary N) is 1. The van der Waals surface area contributed by atoms with E-state index in [0.717, 1.165) is 0 Å². The van der Waals surface area contributed by atoms with E-state index in [1.54, 1.807) is 25.1 Å². The summed E-state index contributed by atoms with van der Waals surface area (Å²) < 4.78 is 5.22. The van der Waals surface area contributed by atoms with Crippen LogP contribution < -0.4 is 21.1 Å². The van der Waals surface area contributed by atoms with Gasteiger partial charge in [-0.2, -0.15) is 0 Å². The number of hydrogen-bond acceptors (Lipinski definition) is 4. The molecule has 0 bridgehead atoms. The molecule has 2 amide bonds. The average molecular weight is 235 g/mol. The molecule has 1 heterocycles. The number of nitrogens with one attached hydrogen (secondary N) is 2. The maximum atomic E-state index is 11.4. The zero-order chi connectivity index (χ0) is 12.4. The summed E-state index contributed by atoms with van der Waals surface area (Å²) in [7, 11) is 0. The Hall–Kier alpha value is -2.08. The van der Waals surface area contributed by atoms with Gasteiger partial charge >= 0.3 is 0 Å². The van der Waals surface area contributed by atoms with Crippen LogP contribution in [-0.2, 0) is 9.59 Å². The van der Waals surface area contributed by atoms with Gasteiger partial charge in [-0.15, -0.1) is 0 Å². The van der Waals surface area contributed by atoms with Crippen molar-refractivity contribution in [1.29, 1.82) is 0 Å². The van der Waals surface area contributed by atoms with Crippen molar-refractivity contribution in [2.45, 2.75) is 13.0 Å². The minimum absolute atomic E-state index is 0.0162. The second-order valence-corrected chi connectivity index (χ2v) is 3.83. The van der Waals surface area contributed by atoms with Gasteiger partial charge in [0.25, 0.3) is 5.91 Å². The molecular weight excluding hydrogens is 222 g/mol. The number of carbonyl (C=O) groups excluding carboxylic acids is 2. The summed E-state index contributed by atoms with van der Waals surface area (Å²) in [5.74, 6) is 0.0711. The standard InChI is InChI=1S/C11H13N3O3/c1-6(12)11(16)13-7-2-3-8-9(4-7)17-5-10(15)14-8/h2-4,6H,5,12H2,1H3,(H,13,16)(H,14,15)/t6-/m1/s1. The first-order chi connectivity index (χ1) is 8.06. The van der Waals surface area contributed by atoms with Gasteiger partial charge < -0.3 is 21.1 Å². The molecule has 0 aromatic heterocycles. The highest BCUT2D eigenvalue weighted by Gasteiger charge is 2.16. The molecule has 4 N–H and O–H groups in total. The van der Waals surface area contributed by atoms with E-state index in [4.69, 9.17) is 10.5 Å². The van der Waals surface area contributed by atoms with Crippen LogP contribution in [0.25, 0.3) is 0 Å². The highest BCUT2D eigenvalue weighted by atomic mass is 16.5. The Kier molecular flexibility index (Phi) is 2.97. The molecule has 0 unspecified atom stereocenters. The van der Waals surface area contributed by atoms with Gasteiger partial charge in [0, 0.05) is 11.8 Å². The fourth-order valence-electron chi connectivity index (χ4n) is 1.41. The number of amides is 2. The van der Waals surface area contributed by atoms with Crippen molar-refractivity contribution in [3.05, 3.63) is 18.2 Å². The predicted molar refractivity (Wildman–Crippen MR) is 62.8 cm³/mol. The summed E-state index contributed by atoms with van der Waals surface area (Å²) >= 11 is 0. The SMILES string of the molecule is C[C@@H](N)C(=O)Nc1ccc2c(c1)OCC(=O)N2. The maximum Gasteiger partial charge on any atom is 0.262 e. The first kappa shape index (κ1) is 11.4. The van der Waals surface area contributed by atoms with Crippen LogP contribution in [0.3, 0.4) is 0 Å². The van der Waals surface area contributed by atoms with E-state index in [-0.39, 0.29) is 18.4 Å². The lowest BCUT2D eigenvalue weighted by Gasteiger charge is -2.18. The van der Waals surface area contributed by atoms with Crippen molar-refractivity contribution >= 4 is 23.2 Å². The molecule has 0 fully saturated rings. The van der Waals surface area contributed by atoms with Gasteiger partial charge in [0.15, 0.2) is 6.61 Å². The van der Waals surface area contributed by atoms with E-state index >= 15 is 0 Å². The van der Waals surface area contributed by atoms with Crippen LogP contribution in [0.4, 0.5) is 11.4 Å². The van der Waals surface area contributed by atoms with E-state index in [1.165, 1.54) is 0 Å². The van der Waals surface area contributed by atoms with E-state index in [2.05, 4.69) is 10.6 Å². The van der Waals surface area contributed by atoms with Crippen LogP contribution >= 0.6 is 0 Å². The van der Waals surface area contributed by atoms with Gasteiger partial charge in [-0.25, -0.2) is 0 Å². The molecule has 0 spiro atoms. The highest BCUT2D eigenvalue weighted by Crippen LogP contribution is 2.30. The van der Waals surface area contributed by atoms with Crippen LogP contribution in [0.15, 0.2) is 18.2 Å². The van der Waals surface area contributed by atoms with Crippen LogP contribution in [-0.4, -0.2) is 24.5 Å². The molecule has 0 aliphatic carbocycles. The fraction of sp³-hybridized carbons (Fsp3) is 0.273. The van der Waals surface area contributed by atoms with Crippen LogP contribution in [0.5, 0.6) is 5.75 Å². The topological polar surface area (TPSA) is 93.5 Å². The molecule has 0 saturated heterocycles. The fourth-order valence-corrected chi connectivity index (χ4v) is 1.41. The minimum atomic E-state index is -0.577. The molecule has 1 aromatic rings. The Bertz CT molecular complexity index is 471. The van der Waals surface area contributed by atoms with Crippen molar-refractivity contribution in [1.82, 2.24) is 0 Å². The summed E-state index contributed by atoms with van der Waals surface area (Å²) in [6.07, 6.45) is 0. The molecule has 0 saturated carbocycles. The van der Waals surface area contributed by atoms with Crippen molar-refractivity contribution in [2.24, 2.45) is 5.73 Å². The second kappa shape index (κ2) is 4.42. The summed E-state index contributed by atoms with van der Waals surface area (Å²) in [5.41, 5.74) is 6.62. The number of fused-ring (bicyclic) bond motifs is 1. The summed E-state index contributed by atoms with van der Waals surface area (Å²) in [6, 6.07) is 4.42. The monoisotopic (exact) mass is 235 g/mol. The van der Waals surface area contributed by atoms with Gasteiger partial charge in [-0.1, -0.05) is 0 Å². The zero-order valence-electron chi connectivity index (χ0n) is 9.32. The van der Waals surface area contributed by atoms with Crippen molar-refractivity contribution in [3.8, 4) is 5.75 Å². The van der Waals surface area contributed by atoms with Crippen LogP contribution in [0, 0.1) is 0 Å². The third kappa shape index (κ3) is 2.54. The molecule has 6 heteroatoms. The molecule has 1 atom stereocenters. The Morgan fingerprint density at radius 2 is 2.35 bits per heavy atom. The molecule has 6 nitrogen and oxygen atoms in total. The second-order valence-electron chi connectivity index (χ2n) is 3.83. The van der Waals surface area contributed by atoms with Crippen molar-refractivity contribution in [3.63, 3.8) is 0 Å². The highest BCUT2D eigenvalue weighted by molar-refractivity contribution is 5.97. The number of anilines is 2. The Labute approximate surface area is 98.1 Å². The molecule has 2 rings (SSSR count). The Morgan fingerprint density at radius 3 is 3.06 bits per heavy atom. The number of benzene rings is 1. The van der Waals surface area contributed by atoms with Crippen LogP contribution in [0.1, 0.15) is 6.92 Å². The average Bonchev–Trinajstić information content (AvgIpc) is 2.29. The van der Waals surface area contributed by atoms with Gasteiger partial charge in [-0.3, -0.25) is 9.59 Å². The van der Waals surface area contributed by atoms with Gasteiger partial charge in [0.2, 0.25) is 5.91 Å². The molecule has 1 aromatic carbocycles. The lowest BCUT2D eigenvalue weighted by atomic mass is 10.2. The lowest BCUT2D eigenvalue weighted by molar-refractivity contribution is -0.119. The summed E-state index contributed by atoms with van der Waals surface area (Å²) in [4.78, 5) is 22.4. The number of hydrogen-bond donors (Lipinski definition) is 3. The molecular formula is C11H13N3O3. The molecule has 17 heavy (non-hydrogen) atoms. The van der Waals surface area contributed by atoms with Gasteiger partial charge in [0.05, 0.1) is 11.7 Å². The predicted octanol–water partition coefficient (Wildman–Crippen LogP) is 0.303. The smallest absolute Gasteiger partial charge is 0.262 e. The normalized spacial score (nSPS) is 15.3. The minimum Gasteiger partial charge on any atom is -0.482 e. The van der Waals surface area contributed by atoms with Crippen molar-refractivity contribution < 1.29 is 14.3 Å². The van der Waals surface area contributed by atoms with Gasteiger partial charge in [-0.05, 0) is 19.1 Å². The number of ether oxygens (including phenoxy) is 1. The first-order valence-electron chi connectivity index (χ1n) is 5.19.